The molecule has 0 spiro atoms. The molecule has 0 aliphatic rings. The van der Waals surface area contributed by atoms with Crippen molar-refractivity contribution in [1.82, 2.24) is 4.98 Å². The molecule has 0 aliphatic carbocycles. The van der Waals surface area contributed by atoms with E-state index in [-0.39, 0.29) is 18.2 Å². The molecule has 94 valence electrons. The highest BCUT2D eigenvalue weighted by atomic mass is 19.1. The van der Waals surface area contributed by atoms with Crippen LogP contribution in [0.2, 0.25) is 0 Å². The summed E-state index contributed by atoms with van der Waals surface area (Å²) in [5.74, 6) is -2.17. The lowest BCUT2D eigenvalue weighted by Crippen LogP contribution is -2.02. The Hall–Kier alpha value is -2.08. The fourth-order valence-corrected chi connectivity index (χ4v) is 1.41. The minimum atomic E-state index is -0.776. The number of halogens is 3. The van der Waals surface area contributed by atoms with Gasteiger partial charge < -0.3 is 10.5 Å². The monoisotopic (exact) mass is 254 g/mol. The second-order valence-corrected chi connectivity index (χ2v) is 3.53. The Balaban J connectivity index is 2.33. The fraction of sp³-hybridized carbons (Fsp3) is 0.0833. The van der Waals surface area contributed by atoms with E-state index in [0.717, 1.165) is 30.5 Å². The molecule has 0 saturated carbocycles. The van der Waals surface area contributed by atoms with Crippen molar-refractivity contribution in [2.75, 3.05) is 0 Å². The van der Waals surface area contributed by atoms with E-state index < -0.39 is 17.5 Å². The van der Waals surface area contributed by atoms with E-state index in [2.05, 4.69) is 4.98 Å². The number of ether oxygens (including phenoxy) is 1. The Bertz CT molecular complexity index is 555. The summed E-state index contributed by atoms with van der Waals surface area (Å²) >= 11 is 0. The first-order valence-corrected chi connectivity index (χ1v) is 5.07. The Morgan fingerprint density at radius 1 is 1.00 bits per heavy atom. The van der Waals surface area contributed by atoms with E-state index in [4.69, 9.17) is 10.5 Å². The second-order valence-electron chi connectivity index (χ2n) is 3.53. The molecule has 0 amide bonds. The minimum Gasteiger partial charge on any atom is -0.438 e. The number of nitrogens with zero attached hydrogens (tertiary/aromatic N) is 1. The van der Waals surface area contributed by atoms with Crippen LogP contribution in [0.15, 0.2) is 30.5 Å². The van der Waals surface area contributed by atoms with Gasteiger partial charge in [0.25, 0.3) is 0 Å². The quantitative estimate of drug-likeness (QED) is 0.916. The average molecular weight is 254 g/mol. The van der Waals surface area contributed by atoms with Crippen LogP contribution in [0.25, 0.3) is 0 Å². The summed E-state index contributed by atoms with van der Waals surface area (Å²) in [4.78, 5) is 3.68. The predicted octanol–water partition coefficient (Wildman–Crippen LogP) is 2.75. The molecule has 0 atom stereocenters. The van der Waals surface area contributed by atoms with E-state index in [0.29, 0.717) is 5.56 Å². The molecule has 2 N–H and O–H groups in total. The molecular weight excluding hydrogens is 245 g/mol. The number of hydrogen-bond donors (Lipinski definition) is 1. The normalized spacial score (nSPS) is 10.4. The molecule has 6 heteroatoms. The van der Waals surface area contributed by atoms with Gasteiger partial charge in [-0.2, -0.15) is 0 Å². The zero-order valence-corrected chi connectivity index (χ0v) is 9.16. The number of nitrogens with two attached hydrogens (primary N) is 1. The van der Waals surface area contributed by atoms with Gasteiger partial charge >= 0.3 is 0 Å². The van der Waals surface area contributed by atoms with Crippen molar-refractivity contribution >= 4 is 0 Å². The first-order valence-electron chi connectivity index (χ1n) is 5.07. The molecule has 0 radical (unpaired) electrons. The first-order chi connectivity index (χ1) is 8.58. The average Bonchev–Trinajstić information content (AvgIpc) is 2.30. The zero-order valence-electron chi connectivity index (χ0n) is 9.16. The van der Waals surface area contributed by atoms with Gasteiger partial charge in [-0.25, -0.2) is 18.2 Å². The Morgan fingerprint density at radius 2 is 1.67 bits per heavy atom. The van der Waals surface area contributed by atoms with Gasteiger partial charge in [0, 0.05) is 30.3 Å². The molecule has 3 nitrogen and oxygen atoms in total. The summed E-state index contributed by atoms with van der Waals surface area (Å²) in [6.07, 6.45) is 0.935. The summed E-state index contributed by atoms with van der Waals surface area (Å²) in [7, 11) is 0. The summed E-state index contributed by atoms with van der Waals surface area (Å²) < 4.78 is 44.0. The van der Waals surface area contributed by atoms with Crippen LogP contribution in [-0.4, -0.2) is 4.98 Å². The third kappa shape index (κ3) is 2.78. The van der Waals surface area contributed by atoms with Gasteiger partial charge in [0.1, 0.15) is 23.2 Å². The van der Waals surface area contributed by atoms with Crippen LogP contribution < -0.4 is 10.5 Å². The molecule has 0 saturated heterocycles. The highest BCUT2D eigenvalue weighted by Gasteiger charge is 2.09. The fourth-order valence-electron chi connectivity index (χ4n) is 1.41. The number of hydrogen-bond acceptors (Lipinski definition) is 3. The van der Waals surface area contributed by atoms with Crippen LogP contribution in [0.1, 0.15) is 5.56 Å². The van der Waals surface area contributed by atoms with Crippen LogP contribution in [0, 0.1) is 17.5 Å². The molecule has 0 fully saturated rings. The third-order valence-electron chi connectivity index (χ3n) is 2.16. The van der Waals surface area contributed by atoms with E-state index in [1.165, 1.54) is 0 Å². The van der Waals surface area contributed by atoms with Crippen LogP contribution in [-0.2, 0) is 6.54 Å². The molecular formula is C12H9F3N2O. The van der Waals surface area contributed by atoms with Crippen molar-refractivity contribution in [3.63, 3.8) is 0 Å². The lowest BCUT2D eigenvalue weighted by molar-refractivity contribution is 0.442. The van der Waals surface area contributed by atoms with Crippen molar-refractivity contribution in [1.29, 1.82) is 0 Å². The lowest BCUT2D eigenvalue weighted by Gasteiger charge is -2.08. The maximum atomic E-state index is 13.0. The highest BCUT2D eigenvalue weighted by Crippen LogP contribution is 2.24. The van der Waals surface area contributed by atoms with Crippen LogP contribution in [0.4, 0.5) is 13.2 Å². The van der Waals surface area contributed by atoms with E-state index in [1.807, 2.05) is 0 Å². The topological polar surface area (TPSA) is 48.1 Å². The van der Waals surface area contributed by atoms with Gasteiger partial charge in [-0.1, -0.05) is 0 Å². The standard InChI is InChI=1S/C12H9F3N2O/c13-8-2-9(14)4-11(3-8)18-12-7(5-16)1-10(15)6-17-12/h1-4,6H,5,16H2. The SMILES string of the molecule is NCc1cc(F)cnc1Oc1cc(F)cc(F)c1. The van der Waals surface area contributed by atoms with E-state index in [1.54, 1.807) is 0 Å². The second kappa shape index (κ2) is 5.05. The van der Waals surface area contributed by atoms with E-state index in [9.17, 15) is 13.2 Å². The van der Waals surface area contributed by atoms with Crippen molar-refractivity contribution in [2.45, 2.75) is 6.54 Å². The van der Waals surface area contributed by atoms with Gasteiger partial charge in [-0.15, -0.1) is 0 Å². The molecule has 18 heavy (non-hydrogen) atoms. The number of benzene rings is 1. The molecule has 2 aromatic rings. The van der Waals surface area contributed by atoms with Crippen molar-refractivity contribution in [2.24, 2.45) is 5.73 Å². The molecule has 0 bridgehead atoms. The molecule has 0 aliphatic heterocycles. The molecule has 1 aromatic carbocycles. The third-order valence-corrected chi connectivity index (χ3v) is 2.16. The van der Waals surface area contributed by atoms with Crippen molar-refractivity contribution in [3.8, 4) is 11.6 Å². The van der Waals surface area contributed by atoms with Crippen LogP contribution in [0.3, 0.4) is 0 Å². The number of rotatable bonds is 3. The van der Waals surface area contributed by atoms with Gasteiger partial charge in [-0.05, 0) is 6.07 Å². The summed E-state index contributed by atoms with van der Waals surface area (Å²) in [6.45, 7) is -0.00209. The maximum absolute atomic E-state index is 13.0. The lowest BCUT2D eigenvalue weighted by atomic mass is 10.2. The van der Waals surface area contributed by atoms with Crippen LogP contribution in [0.5, 0.6) is 11.6 Å². The minimum absolute atomic E-state index is 0.00209. The highest BCUT2D eigenvalue weighted by molar-refractivity contribution is 5.33. The molecule has 1 aromatic heterocycles. The van der Waals surface area contributed by atoms with Gasteiger partial charge in [0.05, 0.1) is 6.20 Å². The van der Waals surface area contributed by atoms with Gasteiger partial charge in [0.15, 0.2) is 0 Å². The smallest absolute Gasteiger partial charge is 0.223 e. The summed E-state index contributed by atoms with van der Waals surface area (Å²) in [5.41, 5.74) is 5.70. The maximum Gasteiger partial charge on any atom is 0.223 e. The zero-order chi connectivity index (χ0) is 13.1. The number of pyridine rings is 1. The Labute approximate surface area is 101 Å². The predicted molar refractivity (Wildman–Crippen MR) is 58.5 cm³/mol. The van der Waals surface area contributed by atoms with Crippen molar-refractivity contribution < 1.29 is 17.9 Å². The van der Waals surface area contributed by atoms with Gasteiger partial charge in [0.2, 0.25) is 5.88 Å². The van der Waals surface area contributed by atoms with Crippen LogP contribution >= 0.6 is 0 Å². The Morgan fingerprint density at radius 3 is 2.28 bits per heavy atom. The number of aromatic nitrogens is 1. The van der Waals surface area contributed by atoms with E-state index >= 15 is 0 Å². The Kier molecular flexibility index (Phi) is 3.47. The van der Waals surface area contributed by atoms with Gasteiger partial charge in [-0.3, -0.25) is 0 Å². The molecule has 2 rings (SSSR count). The first kappa shape index (κ1) is 12.4. The molecule has 0 unspecified atom stereocenters. The van der Waals surface area contributed by atoms with Crippen molar-refractivity contribution in [3.05, 3.63) is 53.5 Å². The summed E-state index contributed by atoms with van der Waals surface area (Å²) in [6, 6.07) is 3.86. The largest absolute Gasteiger partial charge is 0.438 e. The summed E-state index contributed by atoms with van der Waals surface area (Å²) in [5, 5.41) is 0. The molecule has 1 heterocycles.